The van der Waals surface area contributed by atoms with E-state index in [0.29, 0.717) is 0 Å². The van der Waals surface area contributed by atoms with Crippen LogP contribution in [0, 0.1) is 20.8 Å². The fourth-order valence-corrected chi connectivity index (χ4v) is 2.91. The maximum atomic E-state index is 12.1. The van der Waals surface area contributed by atoms with Crippen LogP contribution in [0.3, 0.4) is 0 Å². The first kappa shape index (κ1) is 13.6. The van der Waals surface area contributed by atoms with Gasteiger partial charge in [0, 0.05) is 11.9 Å². The van der Waals surface area contributed by atoms with Crippen LogP contribution in [0.5, 0.6) is 0 Å². The van der Waals surface area contributed by atoms with Crippen LogP contribution < -0.4 is 5.32 Å². The summed E-state index contributed by atoms with van der Waals surface area (Å²) >= 11 is 0. The molecule has 0 aromatic heterocycles. The van der Waals surface area contributed by atoms with E-state index >= 15 is 0 Å². The molecule has 0 saturated carbocycles. The third kappa shape index (κ3) is 2.47. The quantitative estimate of drug-likeness (QED) is 0.827. The van der Waals surface area contributed by atoms with Gasteiger partial charge in [-0.2, -0.15) is 0 Å². The number of amides is 1. The Kier molecular flexibility index (Phi) is 3.34. The summed E-state index contributed by atoms with van der Waals surface area (Å²) in [6, 6.07) is 12.0. The van der Waals surface area contributed by atoms with Crippen molar-refractivity contribution in [1.29, 1.82) is 0 Å². The van der Waals surface area contributed by atoms with Crippen molar-refractivity contribution in [3.63, 3.8) is 0 Å². The molecule has 106 valence electrons. The van der Waals surface area contributed by atoms with Crippen LogP contribution >= 0.6 is 0 Å². The molecule has 0 fully saturated rings. The van der Waals surface area contributed by atoms with Crippen molar-refractivity contribution in [3.8, 4) is 0 Å². The number of anilines is 1. The van der Waals surface area contributed by atoms with Crippen molar-refractivity contribution >= 4 is 23.5 Å². The van der Waals surface area contributed by atoms with Gasteiger partial charge in [0.15, 0.2) is 0 Å². The van der Waals surface area contributed by atoms with Crippen molar-refractivity contribution in [2.75, 3.05) is 5.32 Å². The van der Waals surface area contributed by atoms with Gasteiger partial charge in [-0.05, 0) is 43.5 Å². The molecule has 2 aromatic carbocycles. The second kappa shape index (κ2) is 5.17. The largest absolute Gasteiger partial charge is 0.325 e. The first-order valence-electron chi connectivity index (χ1n) is 7.08. The third-order valence-electron chi connectivity index (χ3n) is 3.82. The highest BCUT2D eigenvalue weighted by atomic mass is 16.2. The molecule has 1 unspecified atom stereocenters. The van der Waals surface area contributed by atoms with Gasteiger partial charge >= 0.3 is 0 Å². The highest BCUT2D eigenvalue weighted by Gasteiger charge is 2.28. The number of aliphatic imine (C=N–C) groups is 1. The molecular formula is C18H18N2O. The molecule has 3 heteroatoms. The number of hydrogen-bond acceptors (Lipinski definition) is 2. The maximum absolute atomic E-state index is 12.1. The molecule has 1 amide bonds. The summed E-state index contributed by atoms with van der Waals surface area (Å²) in [7, 11) is 0. The lowest BCUT2D eigenvalue weighted by Crippen LogP contribution is -2.12. The van der Waals surface area contributed by atoms with Crippen molar-refractivity contribution in [3.05, 3.63) is 58.7 Å². The maximum Gasteiger partial charge on any atom is 0.237 e. The zero-order valence-electron chi connectivity index (χ0n) is 12.5. The number of fused-ring (bicyclic) bond motifs is 1. The summed E-state index contributed by atoms with van der Waals surface area (Å²) in [4.78, 5) is 16.7. The Morgan fingerprint density at radius 2 is 1.76 bits per heavy atom. The van der Waals surface area contributed by atoms with E-state index in [1.165, 1.54) is 5.56 Å². The predicted octanol–water partition coefficient (Wildman–Crippen LogP) is 4.05. The zero-order chi connectivity index (χ0) is 15.0. The van der Waals surface area contributed by atoms with Crippen LogP contribution in [0.25, 0.3) is 0 Å². The summed E-state index contributed by atoms with van der Waals surface area (Å²) in [6.45, 7) is 6.18. The topological polar surface area (TPSA) is 41.5 Å². The van der Waals surface area contributed by atoms with Crippen molar-refractivity contribution < 1.29 is 4.79 Å². The zero-order valence-corrected chi connectivity index (χ0v) is 12.5. The average molecular weight is 278 g/mol. The van der Waals surface area contributed by atoms with E-state index in [9.17, 15) is 4.79 Å². The van der Waals surface area contributed by atoms with Gasteiger partial charge in [-0.3, -0.25) is 9.79 Å². The molecule has 1 heterocycles. The normalized spacial score (nSPS) is 17.1. The number of carbonyl (C=O) groups excluding carboxylic acids is 1. The van der Waals surface area contributed by atoms with Crippen LogP contribution in [0.2, 0.25) is 0 Å². The summed E-state index contributed by atoms with van der Waals surface area (Å²) in [6.07, 6.45) is 1.76. The van der Waals surface area contributed by atoms with Gasteiger partial charge in [0.05, 0.1) is 5.69 Å². The van der Waals surface area contributed by atoms with Gasteiger partial charge in [0.25, 0.3) is 0 Å². The molecule has 0 radical (unpaired) electrons. The van der Waals surface area contributed by atoms with Crippen LogP contribution in [-0.4, -0.2) is 12.1 Å². The molecule has 0 aliphatic carbocycles. The smallest absolute Gasteiger partial charge is 0.237 e. The predicted molar refractivity (Wildman–Crippen MR) is 86.6 cm³/mol. The fraction of sp³-hybridized carbons (Fsp3) is 0.222. The number of nitrogens with zero attached hydrogens (tertiary/aromatic N) is 1. The molecule has 21 heavy (non-hydrogen) atoms. The Balaban J connectivity index is 1.96. The standard InChI is InChI=1S/C18H18N2O/c1-11-8-12(2)17(13(3)9-11)19-10-15-14-6-4-5-7-16(14)20-18(15)21/h4-10,15H,1-3H3,(H,20,21). The first-order valence-corrected chi connectivity index (χ1v) is 7.08. The van der Waals surface area contributed by atoms with Gasteiger partial charge < -0.3 is 5.32 Å². The van der Waals surface area contributed by atoms with E-state index in [1.807, 2.05) is 24.3 Å². The molecule has 1 aliphatic heterocycles. The van der Waals surface area contributed by atoms with Crippen molar-refractivity contribution in [2.45, 2.75) is 26.7 Å². The van der Waals surface area contributed by atoms with Gasteiger partial charge in [-0.25, -0.2) is 0 Å². The van der Waals surface area contributed by atoms with E-state index in [-0.39, 0.29) is 11.8 Å². The van der Waals surface area contributed by atoms with E-state index in [1.54, 1.807) is 6.21 Å². The van der Waals surface area contributed by atoms with Crippen LogP contribution in [-0.2, 0) is 4.79 Å². The lowest BCUT2D eigenvalue weighted by molar-refractivity contribution is -0.115. The van der Waals surface area contributed by atoms with Crippen LogP contribution in [0.4, 0.5) is 11.4 Å². The van der Waals surface area contributed by atoms with E-state index < -0.39 is 0 Å². The van der Waals surface area contributed by atoms with Gasteiger partial charge in [0.2, 0.25) is 5.91 Å². The third-order valence-corrected chi connectivity index (χ3v) is 3.82. The lowest BCUT2D eigenvalue weighted by Gasteiger charge is -2.07. The summed E-state index contributed by atoms with van der Waals surface area (Å²) in [5.41, 5.74) is 6.33. The molecule has 1 aliphatic rings. The molecule has 0 bridgehead atoms. The van der Waals surface area contributed by atoms with Gasteiger partial charge in [0.1, 0.15) is 5.92 Å². The molecule has 1 atom stereocenters. The molecule has 3 rings (SSSR count). The van der Waals surface area contributed by atoms with Crippen LogP contribution in [0.15, 0.2) is 41.4 Å². The van der Waals surface area contributed by atoms with Gasteiger partial charge in [-0.15, -0.1) is 0 Å². The molecule has 2 aromatic rings. The number of nitrogens with one attached hydrogen (secondary N) is 1. The minimum Gasteiger partial charge on any atom is -0.325 e. The van der Waals surface area contributed by atoms with Crippen molar-refractivity contribution in [1.82, 2.24) is 0 Å². The SMILES string of the molecule is Cc1cc(C)c(N=CC2C(=O)Nc3ccccc32)c(C)c1. The molecule has 0 saturated heterocycles. The number of rotatable bonds is 2. The molecule has 1 N–H and O–H groups in total. The monoisotopic (exact) mass is 278 g/mol. The van der Waals surface area contributed by atoms with Gasteiger partial charge in [-0.1, -0.05) is 35.9 Å². The highest BCUT2D eigenvalue weighted by molar-refractivity contribution is 6.12. The Morgan fingerprint density at radius 1 is 1.10 bits per heavy atom. The molecule has 0 spiro atoms. The second-order valence-corrected chi connectivity index (χ2v) is 5.58. The van der Waals surface area contributed by atoms with E-state index in [0.717, 1.165) is 28.1 Å². The number of carbonyl (C=O) groups is 1. The number of aryl methyl sites for hydroxylation is 3. The Morgan fingerprint density at radius 3 is 2.48 bits per heavy atom. The summed E-state index contributed by atoms with van der Waals surface area (Å²) < 4.78 is 0. The minimum atomic E-state index is -0.304. The lowest BCUT2D eigenvalue weighted by atomic mass is 10.0. The fourth-order valence-electron chi connectivity index (χ4n) is 2.91. The summed E-state index contributed by atoms with van der Waals surface area (Å²) in [5.74, 6) is -0.316. The summed E-state index contributed by atoms with van der Waals surface area (Å²) in [5, 5.41) is 2.89. The average Bonchev–Trinajstić information content (AvgIpc) is 2.73. The second-order valence-electron chi connectivity index (χ2n) is 5.58. The van der Waals surface area contributed by atoms with Crippen LogP contribution in [0.1, 0.15) is 28.2 Å². The number of para-hydroxylation sites is 1. The Labute approximate surface area is 124 Å². The molecular weight excluding hydrogens is 260 g/mol. The van der Waals surface area contributed by atoms with E-state index in [2.05, 4.69) is 43.2 Å². The van der Waals surface area contributed by atoms with Crippen molar-refractivity contribution in [2.24, 2.45) is 4.99 Å². The Bertz CT molecular complexity index is 724. The Hall–Kier alpha value is -2.42. The van der Waals surface area contributed by atoms with E-state index in [4.69, 9.17) is 0 Å². The number of hydrogen-bond donors (Lipinski definition) is 1. The highest BCUT2D eigenvalue weighted by Crippen LogP contribution is 2.32. The molecule has 3 nitrogen and oxygen atoms in total. The number of benzene rings is 2. The first-order chi connectivity index (χ1) is 10.1. The minimum absolute atomic E-state index is 0.0117.